The van der Waals surface area contributed by atoms with Gasteiger partial charge in [0.15, 0.2) is 11.6 Å². The lowest BCUT2D eigenvalue weighted by atomic mass is 10.1. The summed E-state index contributed by atoms with van der Waals surface area (Å²) in [5.74, 6) is -0.153. The highest BCUT2D eigenvalue weighted by Gasteiger charge is 2.07. The summed E-state index contributed by atoms with van der Waals surface area (Å²) in [4.78, 5) is 0. The number of rotatable bonds is 3. The summed E-state index contributed by atoms with van der Waals surface area (Å²) < 4.78 is 17.9. The van der Waals surface area contributed by atoms with E-state index in [-0.39, 0.29) is 5.75 Å². The molecule has 0 saturated heterocycles. The zero-order chi connectivity index (χ0) is 9.84. The summed E-state index contributed by atoms with van der Waals surface area (Å²) in [6, 6.07) is 2.95. The fourth-order valence-corrected chi connectivity index (χ4v) is 1.43. The molecule has 0 heterocycles. The molecule has 13 heavy (non-hydrogen) atoms. The molecule has 0 saturated carbocycles. The van der Waals surface area contributed by atoms with Gasteiger partial charge in [0.2, 0.25) is 0 Å². The van der Waals surface area contributed by atoms with Crippen LogP contribution in [0.1, 0.15) is 18.9 Å². The number of methoxy groups -OCH3 is 1. The Kier molecular flexibility index (Phi) is 3.55. The molecule has 0 aliphatic heterocycles. The molecule has 3 heteroatoms. The Labute approximate surface area is 82.5 Å². The van der Waals surface area contributed by atoms with Crippen LogP contribution in [-0.2, 0) is 6.42 Å². The van der Waals surface area contributed by atoms with E-state index in [4.69, 9.17) is 16.3 Å². The Morgan fingerprint density at radius 3 is 2.69 bits per heavy atom. The second-order valence-electron chi connectivity index (χ2n) is 2.83. The summed E-state index contributed by atoms with van der Waals surface area (Å²) in [6.45, 7) is 2.05. The van der Waals surface area contributed by atoms with Crippen molar-refractivity contribution in [3.63, 3.8) is 0 Å². The van der Waals surface area contributed by atoms with Crippen molar-refractivity contribution in [3.05, 3.63) is 28.5 Å². The highest BCUT2D eigenvalue weighted by atomic mass is 35.5. The molecule has 0 unspecified atom stereocenters. The van der Waals surface area contributed by atoms with E-state index in [1.165, 1.54) is 13.2 Å². The van der Waals surface area contributed by atoms with Crippen molar-refractivity contribution >= 4 is 11.6 Å². The molecule has 1 nitrogen and oxygen atoms in total. The zero-order valence-corrected chi connectivity index (χ0v) is 8.49. The lowest BCUT2D eigenvalue weighted by Crippen LogP contribution is -1.92. The van der Waals surface area contributed by atoms with E-state index in [1.807, 2.05) is 6.92 Å². The van der Waals surface area contributed by atoms with Crippen molar-refractivity contribution in [1.29, 1.82) is 0 Å². The Morgan fingerprint density at radius 1 is 1.46 bits per heavy atom. The fraction of sp³-hybridized carbons (Fsp3) is 0.400. The fourth-order valence-electron chi connectivity index (χ4n) is 1.19. The molecular weight excluding hydrogens is 191 g/mol. The third-order valence-corrected chi connectivity index (χ3v) is 2.19. The first-order valence-corrected chi connectivity index (χ1v) is 4.58. The monoisotopic (exact) mass is 202 g/mol. The molecule has 1 aromatic carbocycles. The first-order valence-electron chi connectivity index (χ1n) is 4.21. The zero-order valence-electron chi connectivity index (χ0n) is 7.73. The van der Waals surface area contributed by atoms with Crippen molar-refractivity contribution in [3.8, 4) is 5.75 Å². The van der Waals surface area contributed by atoms with Gasteiger partial charge in [0.25, 0.3) is 0 Å². The Hall–Kier alpha value is -0.760. The number of aryl methyl sites for hydroxylation is 1. The van der Waals surface area contributed by atoms with Gasteiger partial charge in [-0.15, -0.1) is 0 Å². The normalized spacial score (nSPS) is 10.2. The minimum atomic E-state index is -0.410. The van der Waals surface area contributed by atoms with Crippen molar-refractivity contribution in [2.24, 2.45) is 0 Å². The quantitative estimate of drug-likeness (QED) is 0.730. The predicted molar refractivity (Wildman–Crippen MR) is 52.0 cm³/mol. The van der Waals surface area contributed by atoms with E-state index < -0.39 is 5.82 Å². The molecule has 0 atom stereocenters. The number of halogens is 2. The van der Waals surface area contributed by atoms with Gasteiger partial charge in [0.1, 0.15) is 0 Å². The lowest BCUT2D eigenvalue weighted by molar-refractivity contribution is 0.386. The highest BCUT2D eigenvalue weighted by Crippen LogP contribution is 2.26. The Balaban J connectivity index is 3.06. The molecule has 1 aromatic rings. The number of benzene rings is 1. The predicted octanol–water partition coefficient (Wildman–Crippen LogP) is 3.44. The molecular formula is C10H12ClFO. The van der Waals surface area contributed by atoms with E-state index in [1.54, 1.807) is 6.07 Å². The van der Waals surface area contributed by atoms with E-state index in [9.17, 15) is 4.39 Å². The van der Waals surface area contributed by atoms with E-state index >= 15 is 0 Å². The maximum Gasteiger partial charge on any atom is 0.166 e. The minimum Gasteiger partial charge on any atom is -0.494 e. The van der Waals surface area contributed by atoms with Gasteiger partial charge >= 0.3 is 0 Å². The van der Waals surface area contributed by atoms with Crippen LogP contribution in [0.2, 0.25) is 5.02 Å². The summed E-state index contributed by atoms with van der Waals surface area (Å²) >= 11 is 5.84. The number of ether oxygens (including phenoxy) is 1. The van der Waals surface area contributed by atoms with Crippen molar-refractivity contribution in [2.45, 2.75) is 19.8 Å². The first-order chi connectivity index (χ1) is 6.19. The van der Waals surface area contributed by atoms with E-state index in [2.05, 4.69) is 0 Å². The largest absolute Gasteiger partial charge is 0.494 e. The van der Waals surface area contributed by atoms with Crippen LogP contribution < -0.4 is 4.74 Å². The van der Waals surface area contributed by atoms with Crippen LogP contribution in [0.4, 0.5) is 4.39 Å². The second kappa shape index (κ2) is 4.47. The SMILES string of the molecule is CCCc1cc(OC)c(F)cc1Cl. The molecule has 0 bridgehead atoms. The van der Waals surface area contributed by atoms with Gasteiger partial charge in [-0.1, -0.05) is 24.9 Å². The second-order valence-corrected chi connectivity index (χ2v) is 3.24. The Bertz CT molecular complexity index is 299. The molecule has 72 valence electrons. The molecule has 1 rings (SSSR count). The average molecular weight is 203 g/mol. The summed E-state index contributed by atoms with van der Waals surface area (Å²) in [7, 11) is 1.45. The van der Waals surface area contributed by atoms with Gasteiger partial charge in [0, 0.05) is 5.02 Å². The smallest absolute Gasteiger partial charge is 0.166 e. The third-order valence-electron chi connectivity index (χ3n) is 1.84. The molecule has 0 aromatic heterocycles. The van der Waals surface area contributed by atoms with E-state index in [0.717, 1.165) is 18.4 Å². The molecule has 0 fully saturated rings. The molecule has 0 aliphatic rings. The third kappa shape index (κ3) is 2.34. The van der Waals surface area contributed by atoms with Crippen molar-refractivity contribution in [1.82, 2.24) is 0 Å². The summed E-state index contributed by atoms with van der Waals surface area (Å²) in [6.07, 6.45) is 1.82. The topological polar surface area (TPSA) is 9.23 Å². The van der Waals surface area contributed by atoms with Crippen LogP contribution >= 0.6 is 11.6 Å². The van der Waals surface area contributed by atoms with Gasteiger partial charge < -0.3 is 4.74 Å². The van der Waals surface area contributed by atoms with E-state index in [0.29, 0.717) is 5.02 Å². The highest BCUT2D eigenvalue weighted by molar-refractivity contribution is 6.31. The molecule has 0 amide bonds. The number of hydrogen-bond acceptors (Lipinski definition) is 1. The Morgan fingerprint density at radius 2 is 2.15 bits per heavy atom. The van der Waals surface area contributed by atoms with Crippen LogP contribution in [0.25, 0.3) is 0 Å². The van der Waals surface area contributed by atoms with Crippen molar-refractivity contribution < 1.29 is 9.13 Å². The molecule has 0 spiro atoms. The lowest BCUT2D eigenvalue weighted by Gasteiger charge is -2.06. The number of hydrogen-bond donors (Lipinski definition) is 0. The van der Waals surface area contributed by atoms with Gasteiger partial charge in [-0.2, -0.15) is 0 Å². The van der Waals surface area contributed by atoms with Gasteiger partial charge in [0.05, 0.1) is 7.11 Å². The molecule has 0 aliphatic carbocycles. The van der Waals surface area contributed by atoms with Crippen molar-refractivity contribution in [2.75, 3.05) is 7.11 Å². The maximum absolute atomic E-state index is 13.1. The van der Waals surface area contributed by atoms with Gasteiger partial charge in [-0.25, -0.2) is 4.39 Å². The van der Waals surface area contributed by atoms with Crippen LogP contribution in [0.3, 0.4) is 0 Å². The van der Waals surface area contributed by atoms with Crippen LogP contribution in [0.15, 0.2) is 12.1 Å². The average Bonchev–Trinajstić information content (AvgIpc) is 2.10. The van der Waals surface area contributed by atoms with Crippen LogP contribution in [-0.4, -0.2) is 7.11 Å². The molecule has 0 N–H and O–H groups in total. The van der Waals surface area contributed by atoms with Gasteiger partial charge in [-0.3, -0.25) is 0 Å². The maximum atomic E-state index is 13.1. The molecule has 0 radical (unpaired) electrons. The summed E-state index contributed by atoms with van der Waals surface area (Å²) in [5, 5.41) is 0.472. The minimum absolute atomic E-state index is 0.257. The first kappa shape index (κ1) is 10.3. The van der Waals surface area contributed by atoms with Crippen LogP contribution in [0.5, 0.6) is 5.75 Å². The standard InChI is InChI=1S/C10H12ClFO/c1-3-4-7-5-10(13-2)9(12)6-8(7)11/h5-6H,3-4H2,1-2H3. The summed E-state index contributed by atoms with van der Waals surface area (Å²) in [5.41, 5.74) is 0.933. The van der Waals surface area contributed by atoms with Gasteiger partial charge in [-0.05, 0) is 24.1 Å². The van der Waals surface area contributed by atoms with Crippen LogP contribution in [0, 0.1) is 5.82 Å².